The van der Waals surface area contributed by atoms with Crippen molar-refractivity contribution in [1.82, 2.24) is 20.1 Å². The predicted molar refractivity (Wildman–Crippen MR) is 48.0 cm³/mol. The zero-order valence-electron chi connectivity index (χ0n) is 7.29. The summed E-state index contributed by atoms with van der Waals surface area (Å²) in [5.74, 6) is 1.53. The van der Waals surface area contributed by atoms with Gasteiger partial charge in [0.05, 0.1) is 6.54 Å². The second kappa shape index (κ2) is 4.42. The van der Waals surface area contributed by atoms with Crippen molar-refractivity contribution in [3.63, 3.8) is 0 Å². The molecule has 0 aliphatic heterocycles. The fourth-order valence-electron chi connectivity index (χ4n) is 0.800. The number of hydrogen-bond acceptors (Lipinski definition) is 3. The molecule has 1 rings (SSSR count). The Labute approximate surface area is 76.9 Å². The van der Waals surface area contributed by atoms with Gasteiger partial charge in [-0.05, 0) is 6.92 Å². The van der Waals surface area contributed by atoms with Crippen LogP contribution in [0.1, 0.15) is 12.7 Å². The molecular weight excluding hydrogens is 176 g/mol. The Balaban J connectivity index is 2.38. The normalized spacial score (nSPS) is 13.2. The molecule has 12 heavy (non-hydrogen) atoms. The lowest BCUT2D eigenvalue weighted by molar-refractivity contribution is 0.555. The van der Waals surface area contributed by atoms with Crippen molar-refractivity contribution < 1.29 is 0 Å². The summed E-state index contributed by atoms with van der Waals surface area (Å²) in [6, 6.07) is 0.309. The van der Waals surface area contributed by atoms with Gasteiger partial charge in [0.2, 0.25) is 0 Å². The van der Waals surface area contributed by atoms with E-state index in [9.17, 15) is 0 Å². The number of rotatable bonds is 4. The molecule has 0 spiro atoms. The Bertz CT molecular complexity index is 235. The molecule has 0 aromatic carbocycles. The molecule has 0 fully saturated rings. The lowest BCUT2D eigenvalue weighted by Crippen LogP contribution is -2.28. The first-order chi connectivity index (χ1) is 5.74. The lowest BCUT2D eigenvalue weighted by Gasteiger charge is -2.08. The number of halogens is 1. The number of alkyl halides is 1. The monoisotopic (exact) mass is 188 g/mol. The van der Waals surface area contributed by atoms with Gasteiger partial charge in [-0.2, -0.15) is 5.10 Å². The average Bonchev–Trinajstić information content (AvgIpc) is 2.47. The van der Waals surface area contributed by atoms with Gasteiger partial charge in [-0.3, -0.25) is 4.68 Å². The van der Waals surface area contributed by atoms with Crippen molar-refractivity contribution in [3.05, 3.63) is 12.2 Å². The standard InChI is InChI=1S/C7H13ClN4/c1-6(3-8)9-4-7-10-5-11-12(7)2/h5-6,9H,3-4H2,1-2H3. The summed E-state index contributed by atoms with van der Waals surface area (Å²) in [6.07, 6.45) is 1.54. The fraction of sp³-hybridized carbons (Fsp3) is 0.714. The fourth-order valence-corrected chi connectivity index (χ4v) is 0.909. The van der Waals surface area contributed by atoms with E-state index in [2.05, 4.69) is 15.4 Å². The molecule has 0 saturated heterocycles. The molecule has 1 heterocycles. The van der Waals surface area contributed by atoms with Crippen molar-refractivity contribution >= 4 is 11.6 Å². The predicted octanol–water partition coefficient (Wildman–Crippen LogP) is 0.532. The van der Waals surface area contributed by atoms with Gasteiger partial charge in [0.25, 0.3) is 0 Å². The molecule has 1 atom stereocenters. The van der Waals surface area contributed by atoms with Crippen LogP contribution in [0.25, 0.3) is 0 Å². The molecular formula is C7H13ClN4. The highest BCUT2D eigenvalue weighted by Gasteiger charge is 2.02. The minimum atomic E-state index is 0.309. The molecule has 68 valence electrons. The van der Waals surface area contributed by atoms with E-state index in [4.69, 9.17) is 11.6 Å². The van der Waals surface area contributed by atoms with Crippen LogP contribution in [-0.2, 0) is 13.6 Å². The summed E-state index contributed by atoms with van der Waals surface area (Å²) in [5, 5.41) is 7.17. The minimum absolute atomic E-state index is 0.309. The molecule has 0 bridgehead atoms. The van der Waals surface area contributed by atoms with Gasteiger partial charge < -0.3 is 5.32 Å². The van der Waals surface area contributed by atoms with Crippen LogP contribution in [0.3, 0.4) is 0 Å². The van der Waals surface area contributed by atoms with E-state index in [0.29, 0.717) is 18.5 Å². The van der Waals surface area contributed by atoms with Gasteiger partial charge in [0, 0.05) is 19.0 Å². The van der Waals surface area contributed by atoms with Crippen LogP contribution < -0.4 is 5.32 Å². The summed E-state index contributed by atoms with van der Waals surface area (Å²) >= 11 is 5.63. The van der Waals surface area contributed by atoms with E-state index in [0.717, 1.165) is 5.82 Å². The van der Waals surface area contributed by atoms with E-state index in [-0.39, 0.29) is 0 Å². The maximum Gasteiger partial charge on any atom is 0.140 e. The second-order valence-electron chi connectivity index (χ2n) is 2.74. The van der Waals surface area contributed by atoms with Gasteiger partial charge in [0.15, 0.2) is 0 Å². The number of nitrogens with one attached hydrogen (secondary N) is 1. The lowest BCUT2D eigenvalue weighted by atomic mass is 10.4. The van der Waals surface area contributed by atoms with E-state index in [1.54, 1.807) is 11.0 Å². The topological polar surface area (TPSA) is 42.7 Å². The van der Waals surface area contributed by atoms with Crippen molar-refractivity contribution in [3.8, 4) is 0 Å². The third-order valence-electron chi connectivity index (χ3n) is 1.65. The summed E-state index contributed by atoms with van der Waals surface area (Å²) in [7, 11) is 1.87. The van der Waals surface area contributed by atoms with Gasteiger partial charge in [-0.1, -0.05) is 0 Å². The van der Waals surface area contributed by atoms with Crippen LogP contribution in [0.15, 0.2) is 6.33 Å². The molecule has 1 aromatic heterocycles. The van der Waals surface area contributed by atoms with Gasteiger partial charge >= 0.3 is 0 Å². The van der Waals surface area contributed by atoms with Crippen LogP contribution >= 0.6 is 11.6 Å². The molecule has 0 aliphatic carbocycles. The SMILES string of the molecule is CC(CCl)NCc1ncnn1C. The quantitative estimate of drug-likeness (QED) is 0.702. The molecule has 0 aliphatic rings. The Morgan fingerprint density at radius 3 is 3.00 bits per heavy atom. The molecule has 1 aromatic rings. The molecule has 0 radical (unpaired) electrons. The zero-order valence-corrected chi connectivity index (χ0v) is 8.04. The molecule has 5 heteroatoms. The van der Waals surface area contributed by atoms with E-state index in [1.807, 2.05) is 14.0 Å². The van der Waals surface area contributed by atoms with Crippen molar-refractivity contribution in [2.75, 3.05) is 5.88 Å². The summed E-state index contributed by atoms with van der Waals surface area (Å²) < 4.78 is 1.74. The highest BCUT2D eigenvalue weighted by molar-refractivity contribution is 6.18. The van der Waals surface area contributed by atoms with Crippen LogP contribution in [0, 0.1) is 0 Å². The van der Waals surface area contributed by atoms with E-state index >= 15 is 0 Å². The third kappa shape index (κ3) is 2.46. The van der Waals surface area contributed by atoms with Gasteiger partial charge in [-0.15, -0.1) is 11.6 Å². The van der Waals surface area contributed by atoms with Gasteiger partial charge in [0.1, 0.15) is 12.2 Å². The van der Waals surface area contributed by atoms with Crippen LogP contribution in [0.2, 0.25) is 0 Å². The molecule has 1 N–H and O–H groups in total. The summed E-state index contributed by atoms with van der Waals surface area (Å²) in [5.41, 5.74) is 0. The third-order valence-corrected chi connectivity index (χ3v) is 2.11. The Morgan fingerprint density at radius 2 is 2.50 bits per heavy atom. The van der Waals surface area contributed by atoms with Crippen LogP contribution in [0.4, 0.5) is 0 Å². The number of aromatic nitrogens is 3. The van der Waals surface area contributed by atoms with Crippen molar-refractivity contribution in [2.45, 2.75) is 19.5 Å². The molecule has 4 nitrogen and oxygen atoms in total. The first kappa shape index (κ1) is 9.48. The highest BCUT2D eigenvalue weighted by Crippen LogP contribution is 1.92. The highest BCUT2D eigenvalue weighted by atomic mass is 35.5. The summed E-state index contributed by atoms with van der Waals surface area (Å²) in [6.45, 7) is 2.74. The Hall–Kier alpha value is -0.610. The Morgan fingerprint density at radius 1 is 1.75 bits per heavy atom. The maximum absolute atomic E-state index is 5.63. The van der Waals surface area contributed by atoms with Crippen molar-refractivity contribution in [1.29, 1.82) is 0 Å². The van der Waals surface area contributed by atoms with E-state index < -0.39 is 0 Å². The second-order valence-corrected chi connectivity index (χ2v) is 3.04. The number of aryl methyl sites for hydroxylation is 1. The molecule has 0 saturated carbocycles. The van der Waals surface area contributed by atoms with Crippen LogP contribution in [0.5, 0.6) is 0 Å². The maximum atomic E-state index is 5.63. The number of nitrogens with zero attached hydrogens (tertiary/aromatic N) is 3. The largest absolute Gasteiger partial charge is 0.306 e. The van der Waals surface area contributed by atoms with E-state index in [1.165, 1.54) is 0 Å². The average molecular weight is 189 g/mol. The summed E-state index contributed by atoms with van der Waals surface area (Å²) in [4.78, 5) is 4.07. The first-order valence-electron chi connectivity index (χ1n) is 3.86. The molecule has 1 unspecified atom stereocenters. The minimum Gasteiger partial charge on any atom is -0.306 e. The Kier molecular flexibility index (Phi) is 3.49. The van der Waals surface area contributed by atoms with Crippen molar-refractivity contribution in [2.24, 2.45) is 7.05 Å². The van der Waals surface area contributed by atoms with Gasteiger partial charge in [-0.25, -0.2) is 4.98 Å². The van der Waals surface area contributed by atoms with Crippen LogP contribution in [-0.4, -0.2) is 26.7 Å². The zero-order chi connectivity index (χ0) is 8.97. The number of hydrogen-bond donors (Lipinski definition) is 1. The smallest absolute Gasteiger partial charge is 0.140 e. The first-order valence-corrected chi connectivity index (χ1v) is 4.39. The molecule has 0 amide bonds.